The SMILES string of the molecule is ClCCl.O=P12c3ccc4c(ccc5ccccc54)c3N(c3ccccc3)c3cccc(c31)N(c1ccccc1)c1c2cc2ccc3cccc4ccc1c2c34.S=P12c3ccc4c(ccc5ccccc54)c3N(c3ccccc3)c3cccc(c31)N(c1ccccc1)c1c2cc2ccc3cccc4ccc1c2c34. The van der Waals surface area contributed by atoms with E-state index in [4.69, 9.17) is 35.0 Å². The predicted molar refractivity (Wildman–Crippen MR) is 465 cm³/mol. The van der Waals surface area contributed by atoms with E-state index >= 15 is 4.57 Å². The fourth-order valence-corrected chi connectivity index (χ4v) is 26.8. The maximum atomic E-state index is 17.1. The summed E-state index contributed by atoms with van der Waals surface area (Å²) in [6, 6.07) is 125. The fraction of sp³-hybridized carbons (Fsp3) is 0.0103. The average molecular weight is 1460 g/mol. The van der Waals surface area contributed by atoms with Crippen LogP contribution >= 0.6 is 36.4 Å². The lowest BCUT2D eigenvalue weighted by molar-refractivity contribution is 0.592. The van der Waals surface area contributed by atoms with Gasteiger partial charge in [-0.15, -0.1) is 23.2 Å². The fourth-order valence-electron chi connectivity index (χ4n) is 18.6. The lowest BCUT2D eigenvalue weighted by atomic mass is 9.93. The molecule has 20 aromatic carbocycles. The van der Waals surface area contributed by atoms with Crippen molar-refractivity contribution in [3.63, 3.8) is 0 Å². The minimum atomic E-state index is -3.50. The van der Waals surface area contributed by atoms with Crippen LogP contribution in [-0.2, 0) is 16.4 Å². The molecule has 0 amide bonds. The zero-order chi connectivity index (χ0) is 71.0. The van der Waals surface area contributed by atoms with Gasteiger partial charge >= 0.3 is 0 Å². The van der Waals surface area contributed by atoms with E-state index in [0.29, 0.717) is 0 Å². The largest absolute Gasteiger partial charge is 0.308 e. The van der Waals surface area contributed by atoms with Crippen molar-refractivity contribution >= 4 is 256 Å². The van der Waals surface area contributed by atoms with Gasteiger partial charge in [-0.25, -0.2) is 0 Å². The third-order valence-corrected chi connectivity index (χ3v) is 30.9. The van der Waals surface area contributed by atoms with Gasteiger partial charge in [-0.2, -0.15) is 0 Å². The maximum absolute atomic E-state index is 17.1. The van der Waals surface area contributed by atoms with Gasteiger partial charge in [0.15, 0.2) is 7.14 Å². The first kappa shape index (κ1) is 62.5. The summed E-state index contributed by atoms with van der Waals surface area (Å²) >= 11 is 17.0. The maximum Gasteiger partial charge on any atom is 0.179 e. The van der Waals surface area contributed by atoms with E-state index < -0.39 is 13.2 Å². The van der Waals surface area contributed by atoms with E-state index in [-0.39, 0.29) is 5.34 Å². The van der Waals surface area contributed by atoms with Crippen LogP contribution in [0.4, 0.5) is 68.2 Å². The zero-order valence-corrected chi connectivity index (χ0v) is 61.6. The molecule has 107 heavy (non-hydrogen) atoms. The Morgan fingerprint density at radius 1 is 0.243 bits per heavy atom. The van der Waals surface area contributed by atoms with Crippen molar-refractivity contribution in [1.82, 2.24) is 0 Å². The summed E-state index contributed by atoms with van der Waals surface area (Å²) in [6.07, 6.45) is 0. The number of benzene rings is 20. The molecule has 0 saturated heterocycles. The molecule has 10 heteroatoms. The van der Waals surface area contributed by atoms with Crippen LogP contribution in [0.25, 0.3) is 108 Å². The molecule has 504 valence electrons. The van der Waals surface area contributed by atoms with Crippen LogP contribution in [0.2, 0.25) is 0 Å². The number of hydrogen-bond acceptors (Lipinski definition) is 6. The summed E-state index contributed by atoms with van der Waals surface area (Å²) in [4.78, 5) is 9.74. The number of para-hydroxylation sites is 4. The van der Waals surface area contributed by atoms with Crippen LogP contribution in [-0.4, -0.2) is 5.34 Å². The highest BCUT2D eigenvalue weighted by atomic mass is 35.5. The summed E-state index contributed by atoms with van der Waals surface area (Å²) in [6.45, 7) is 0. The van der Waals surface area contributed by atoms with Gasteiger partial charge in [0.1, 0.15) is 0 Å². The van der Waals surface area contributed by atoms with Gasteiger partial charge in [0.05, 0.1) is 56.1 Å². The molecular weight excluding hydrogens is 1400 g/mol. The van der Waals surface area contributed by atoms with Crippen molar-refractivity contribution < 1.29 is 4.57 Å². The number of alkyl halides is 2. The number of nitrogens with zero attached hydrogens (tertiary/aromatic N) is 4. The molecule has 0 radical (unpaired) electrons. The van der Waals surface area contributed by atoms with Crippen molar-refractivity contribution in [3.05, 3.63) is 352 Å². The molecule has 24 rings (SSSR count). The molecule has 0 bridgehead atoms. The topological polar surface area (TPSA) is 30.0 Å². The van der Waals surface area contributed by atoms with Crippen molar-refractivity contribution in [1.29, 1.82) is 0 Å². The van der Waals surface area contributed by atoms with E-state index in [0.717, 1.165) is 88.6 Å². The Balaban J connectivity index is 0.000000129. The molecule has 2 atom stereocenters. The quantitative estimate of drug-likeness (QED) is 0.0991. The Hall–Kier alpha value is -11.8. The smallest absolute Gasteiger partial charge is 0.179 e. The van der Waals surface area contributed by atoms with Crippen LogP contribution in [0.5, 0.6) is 0 Å². The lowest BCUT2D eigenvalue weighted by Gasteiger charge is -2.47. The molecule has 20 aromatic rings. The first-order chi connectivity index (χ1) is 52.8. The van der Waals surface area contributed by atoms with Gasteiger partial charge in [0.25, 0.3) is 0 Å². The summed E-state index contributed by atoms with van der Waals surface area (Å²) < 4.78 is 17.1. The molecule has 5 nitrogen and oxygen atoms in total. The van der Waals surface area contributed by atoms with E-state index in [1.807, 2.05) is 0 Å². The first-order valence-electron chi connectivity index (χ1n) is 36.1. The van der Waals surface area contributed by atoms with Crippen LogP contribution in [0.15, 0.2) is 352 Å². The summed E-state index contributed by atoms with van der Waals surface area (Å²) in [5.74, 6) is 0. The molecule has 0 aliphatic carbocycles. The van der Waals surface area contributed by atoms with Gasteiger partial charge in [-0.05, 0) is 177 Å². The molecule has 4 heterocycles. The molecule has 0 N–H and O–H groups in total. The van der Waals surface area contributed by atoms with Gasteiger partial charge in [0.2, 0.25) is 0 Å². The monoisotopic (exact) mass is 1460 g/mol. The van der Waals surface area contributed by atoms with Gasteiger partial charge in [0, 0.05) is 76.9 Å². The van der Waals surface area contributed by atoms with E-state index in [2.05, 4.69) is 371 Å². The minimum absolute atomic E-state index is 0.194. The Morgan fingerprint density at radius 3 is 0.981 bits per heavy atom. The van der Waals surface area contributed by atoms with Crippen molar-refractivity contribution in [3.8, 4) is 0 Å². The second-order valence-corrected chi connectivity index (χ2v) is 35.8. The summed E-state index contributed by atoms with van der Waals surface area (Å²) in [5, 5.41) is 31.0. The number of anilines is 12. The summed E-state index contributed by atoms with van der Waals surface area (Å²) in [5.41, 5.74) is 13.0. The third-order valence-electron chi connectivity index (χ3n) is 22.8. The van der Waals surface area contributed by atoms with E-state index in [1.54, 1.807) is 0 Å². The molecular formula is C97H60Cl2N4OP2S. The van der Waals surface area contributed by atoms with E-state index in [9.17, 15) is 0 Å². The minimum Gasteiger partial charge on any atom is -0.308 e. The van der Waals surface area contributed by atoms with Crippen molar-refractivity contribution in [2.24, 2.45) is 0 Å². The molecule has 0 saturated carbocycles. The standard InChI is InChI=1S/C48H29N2OP.C48H29N2PS.CH2Cl2/c51-52-42-28-27-37-36-18-8-7-11-30(36)23-25-38(37)46(42)49(34-14-3-1-4-15-34)40-19-10-20-41(48(40)52)50(35-16-5-2-6-17-35)47-39-26-24-32-13-9-12-31-21-22-33(29-43(47)52)45(39)44(31)32;52-51-42-28-27-37-36-18-8-7-11-30(36)23-25-38(37)46(42)49(34-14-3-1-4-15-34)40-19-10-20-41(48(40)51)50(35-16-5-2-6-17-35)47-39-26-24-32-13-9-12-31-21-22-33(29-43(47)51)45(39)44(31)32;2-1-3/h2*1-29H;1H2. The molecule has 2 unspecified atom stereocenters. The molecule has 0 fully saturated rings. The van der Waals surface area contributed by atoms with Gasteiger partial charge in [-0.1, -0.05) is 273 Å². The van der Waals surface area contributed by atoms with Crippen molar-refractivity contribution in [2.45, 2.75) is 0 Å². The number of fused-ring (bicyclic) bond motifs is 18. The van der Waals surface area contributed by atoms with Gasteiger partial charge < -0.3 is 24.2 Å². The van der Waals surface area contributed by atoms with Crippen LogP contribution < -0.4 is 51.4 Å². The Morgan fingerprint density at radius 2 is 0.542 bits per heavy atom. The predicted octanol–water partition coefficient (Wildman–Crippen LogP) is 25.7. The molecule has 4 aliphatic heterocycles. The third kappa shape index (κ3) is 8.76. The number of hydrogen-bond donors (Lipinski definition) is 0. The second-order valence-electron chi connectivity index (χ2n) is 28.1. The normalized spacial score (nSPS) is 15.9. The van der Waals surface area contributed by atoms with E-state index in [1.165, 1.54) is 119 Å². The Bertz CT molecular complexity index is 6750. The molecule has 0 aromatic heterocycles. The highest BCUT2D eigenvalue weighted by Gasteiger charge is 2.51. The highest BCUT2D eigenvalue weighted by molar-refractivity contribution is 8.26. The van der Waals surface area contributed by atoms with Crippen LogP contribution in [0.3, 0.4) is 0 Å². The number of rotatable bonds is 4. The number of halogens is 2. The molecule has 4 aliphatic rings. The van der Waals surface area contributed by atoms with Crippen LogP contribution in [0.1, 0.15) is 0 Å². The molecule has 0 spiro atoms. The zero-order valence-electron chi connectivity index (χ0n) is 57.4. The average Bonchev–Trinajstić information content (AvgIpc) is 0.673. The van der Waals surface area contributed by atoms with Crippen molar-refractivity contribution in [2.75, 3.05) is 24.9 Å². The Labute approximate surface area is 632 Å². The summed E-state index contributed by atoms with van der Waals surface area (Å²) in [7, 11) is -3.50. The van der Waals surface area contributed by atoms with Crippen LogP contribution in [0, 0.1) is 0 Å². The lowest BCUT2D eigenvalue weighted by Crippen LogP contribution is -2.43. The first-order valence-corrected chi connectivity index (χ1v) is 41.7. The van der Waals surface area contributed by atoms with Gasteiger partial charge in [-0.3, -0.25) is 0 Å². The second kappa shape index (κ2) is 23.8. The highest BCUT2D eigenvalue weighted by Crippen LogP contribution is 2.66. The Kier molecular flexibility index (Phi) is 13.9.